The highest BCUT2D eigenvalue weighted by atomic mass is 16.4. The Labute approximate surface area is 364 Å². The van der Waals surface area contributed by atoms with Gasteiger partial charge in [0.15, 0.2) is 0 Å². The van der Waals surface area contributed by atoms with E-state index in [2.05, 4.69) is 36.9 Å². The first-order valence-electron chi connectivity index (χ1n) is 20.4. The number of aromatic hydroxyl groups is 1. The number of anilines is 1. The Morgan fingerprint density at radius 2 is 1.06 bits per heavy atom. The lowest BCUT2D eigenvalue weighted by atomic mass is 10.00. The van der Waals surface area contributed by atoms with E-state index in [1.165, 1.54) is 19.1 Å². The fraction of sp³-hybridized carbons (Fsp3) is 0.304. The minimum Gasteiger partial charge on any atom is -0.508 e. The van der Waals surface area contributed by atoms with Crippen molar-refractivity contribution in [3.05, 3.63) is 132 Å². The predicted molar refractivity (Wildman–Crippen MR) is 236 cm³/mol. The Morgan fingerprint density at radius 3 is 1.63 bits per heavy atom. The van der Waals surface area contributed by atoms with Crippen LogP contribution in [0.2, 0.25) is 0 Å². The number of aliphatic hydroxyl groups is 1. The summed E-state index contributed by atoms with van der Waals surface area (Å²) in [7, 11) is 1.59. The largest absolute Gasteiger partial charge is 0.508 e. The number of aromatic nitrogens is 1. The van der Waals surface area contributed by atoms with Crippen LogP contribution in [-0.4, -0.2) is 105 Å². The first-order valence-corrected chi connectivity index (χ1v) is 20.4. The number of nitrogen functional groups attached to an aromatic ring is 1. The van der Waals surface area contributed by atoms with E-state index in [0.717, 1.165) is 10.9 Å². The highest BCUT2D eigenvalue weighted by Gasteiger charge is 2.35. The monoisotopic (exact) mass is 862 g/mol. The number of carboxylic acids is 1. The van der Waals surface area contributed by atoms with Gasteiger partial charge in [-0.2, -0.15) is 0 Å². The molecule has 0 aliphatic heterocycles. The van der Waals surface area contributed by atoms with Gasteiger partial charge in [0.25, 0.3) is 0 Å². The van der Waals surface area contributed by atoms with Gasteiger partial charge in [0, 0.05) is 48.5 Å². The number of phenols is 1. The van der Waals surface area contributed by atoms with E-state index in [-0.39, 0.29) is 31.4 Å². The standard InChI is InChI=1S/C46H54N8O9/c1-26(48-3)41(57)50-36(22-30-15-19-33(56)20-16-30)42(58)52-38(24-31-25-49-35-12-8-7-11-34(31)35)43(59)51-37(21-29-13-17-32(47)18-14-29)44(60)54-40(27(2)55)45(61)53-39(46(62)63)23-28-9-5-4-6-10-28/h4-20,25-27,36-40,48-49,55-56H,21-24,47H2,1-3H3,(H,50,57)(H,51,59)(H,52,58)(H,53,61)(H,54,60)(H,62,63)/t26-,27+,36-,37-,38+,39-,40-/m0/s1. The molecule has 0 bridgehead atoms. The van der Waals surface area contributed by atoms with Crippen molar-refractivity contribution < 1.29 is 44.1 Å². The minimum absolute atomic E-state index is 0.00520. The van der Waals surface area contributed by atoms with Crippen LogP contribution < -0.4 is 37.6 Å². The second kappa shape index (κ2) is 22.0. The third-order valence-electron chi connectivity index (χ3n) is 10.6. The number of hydrogen-bond acceptors (Lipinski definition) is 10. The van der Waals surface area contributed by atoms with Gasteiger partial charge in [0.2, 0.25) is 29.5 Å². The van der Waals surface area contributed by atoms with E-state index in [9.17, 15) is 44.1 Å². The van der Waals surface area contributed by atoms with Crippen molar-refractivity contribution in [1.29, 1.82) is 0 Å². The third-order valence-corrected chi connectivity index (χ3v) is 10.6. The van der Waals surface area contributed by atoms with Gasteiger partial charge in [-0.15, -0.1) is 0 Å². The summed E-state index contributed by atoms with van der Waals surface area (Å²) in [6.07, 6.45) is -0.0829. The van der Waals surface area contributed by atoms with Crippen molar-refractivity contribution in [3.63, 3.8) is 0 Å². The molecule has 1 aromatic heterocycles. The number of aromatic amines is 1. The SMILES string of the molecule is CN[C@@H](C)C(=O)N[C@@H](Cc1ccc(O)cc1)C(=O)N[C@H](Cc1c[nH]c2ccccc12)C(=O)N[C@@H](Cc1ccc(N)cc1)C(=O)N[C@H](C(=O)N[C@@H](Cc1ccccc1)C(=O)O)[C@@H](C)O. The van der Waals surface area contributed by atoms with Crippen LogP contribution >= 0.6 is 0 Å². The van der Waals surface area contributed by atoms with Crippen molar-refractivity contribution in [2.24, 2.45) is 0 Å². The Kier molecular flexibility index (Phi) is 16.4. The highest BCUT2D eigenvalue weighted by Crippen LogP contribution is 2.20. The Hall–Kier alpha value is -7.24. The predicted octanol–water partition coefficient (Wildman–Crippen LogP) is 1.22. The van der Waals surface area contributed by atoms with Crippen LogP contribution in [0, 0.1) is 0 Å². The molecule has 5 rings (SSSR count). The van der Waals surface area contributed by atoms with Crippen LogP contribution in [0.4, 0.5) is 5.69 Å². The summed E-state index contributed by atoms with van der Waals surface area (Å²) in [5.74, 6) is -5.19. The maximum Gasteiger partial charge on any atom is 0.326 e. The van der Waals surface area contributed by atoms with Crippen molar-refractivity contribution >= 4 is 52.1 Å². The molecule has 17 nitrogen and oxygen atoms in total. The second-order valence-electron chi connectivity index (χ2n) is 15.4. The quantitative estimate of drug-likeness (QED) is 0.0467. The van der Waals surface area contributed by atoms with E-state index in [0.29, 0.717) is 27.9 Å². The number of rotatable bonds is 21. The van der Waals surface area contributed by atoms with Gasteiger partial charge in [0.1, 0.15) is 36.0 Å². The van der Waals surface area contributed by atoms with Crippen LogP contribution in [0.25, 0.3) is 10.9 Å². The van der Waals surface area contributed by atoms with Crippen LogP contribution in [-0.2, 0) is 54.5 Å². The second-order valence-corrected chi connectivity index (χ2v) is 15.4. The topological polar surface area (TPSA) is 277 Å². The number of hydrogen-bond donors (Lipinski definition) is 11. The molecule has 0 unspecified atom stereocenters. The number of aliphatic carboxylic acids is 1. The fourth-order valence-electron chi connectivity index (χ4n) is 6.85. The highest BCUT2D eigenvalue weighted by molar-refractivity contribution is 5.97. The van der Waals surface area contributed by atoms with E-state index in [4.69, 9.17) is 5.73 Å². The fourth-order valence-corrected chi connectivity index (χ4v) is 6.85. The van der Waals surface area contributed by atoms with Crippen molar-refractivity contribution in [2.45, 2.75) is 81.9 Å². The summed E-state index contributed by atoms with van der Waals surface area (Å²) in [6, 6.07) is 20.9. The molecule has 332 valence electrons. The number of nitrogens with two attached hydrogens (primary N) is 1. The summed E-state index contributed by atoms with van der Waals surface area (Å²) in [5, 5.41) is 47.3. The number of fused-ring (bicyclic) bond motifs is 1. The number of carboxylic acid groups (broad SMARTS) is 1. The molecular formula is C46H54N8O9. The molecule has 0 radical (unpaired) electrons. The van der Waals surface area contributed by atoms with Gasteiger partial charge in [0.05, 0.1) is 12.1 Å². The van der Waals surface area contributed by atoms with Crippen LogP contribution in [0.3, 0.4) is 0 Å². The summed E-state index contributed by atoms with van der Waals surface area (Å²) >= 11 is 0. The van der Waals surface area contributed by atoms with Crippen molar-refractivity contribution in [3.8, 4) is 5.75 Å². The van der Waals surface area contributed by atoms with Gasteiger partial charge >= 0.3 is 5.97 Å². The smallest absolute Gasteiger partial charge is 0.326 e. The van der Waals surface area contributed by atoms with E-state index < -0.39 is 77.9 Å². The lowest BCUT2D eigenvalue weighted by Gasteiger charge is -2.28. The first-order chi connectivity index (χ1) is 30.1. The molecule has 0 fully saturated rings. The molecule has 0 spiro atoms. The average molecular weight is 863 g/mol. The zero-order valence-corrected chi connectivity index (χ0v) is 35.1. The normalized spacial score (nSPS) is 14.5. The number of aliphatic hydroxyl groups excluding tert-OH is 1. The molecule has 17 heteroatoms. The zero-order valence-electron chi connectivity index (χ0n) is 35.1. The van der Waals surface area contributed by atoms with E-state index in [1.54, 1.807) is 86.9 Å². The summed E-state index contributed by atoms with van der Waals surface area (Å²) in [5.41, 5.74) is 9.58. The number of para-hydroxylation sites is 1. The molecular weight excluding hydrogens is 809 g/mol. The van der Waals surface area contributed by atoms with Gasteiger partial charge in [-0.05, 0) is 73.5 Å². The number of carbonyl (C=O) groups excluding carboxylic acids is 5. The third kappa shape index (κ3) is 13.4. The maximum absolute atomic E-state index is 14.6. The van der Waals surface area contributed by atoms with Gasteiger partial charge in [-0.3, -0.25) is 24.0 Å². The lowest BCUT2D eigenvalue weighted by Crippen LogP contribution is -2.61. The number of phenolic OH excluding ortho intramolecular Hbond substituents is 1. The lowest BCUT2D eigenvalue weighted by molar-refractivity contribution is -0.143. The zero-order chi connectivity index (χ0) is 45.6. The summed E-state index contributed by atoms with van der Waals surface area (Å²) in [4.78, 5) is 85.2. The van der Waals surface area contributed by atoms with Crippen molar-refractivity contribution in [1.82, 2.24) is 36.9 Å². The number of H-pyrrole nitrogens is 1. The number of benzene rings is 4. The van der Waals surface area contributed by atoms with Crippen LogP contribution in [0.15, 0.2) is 109 Å². The molecule has 0 saturated heterocycles. The van der Waals surface area contributed by atoms with E-state index >= 15 is 0 Å². The molecule has 7 atom stereocenters. The molecule has 5 amide bonds. The summed E-state index contributed by atoms with van der Waals surface area (Å²) < 4.78 is 0. The molecule has 63 heavy (non-hydrogen) atoms. The van der Waals surface area contributed by atoms with Gasteiger partial charge < -0.3 is 57.9 Å². The Balaban J connectivity index is 1.44. The molecule has 5 aromatic rings. The number of amides is 5. The minimum atomic E-state index is -1.65. The van der Waals surface area contributed by atoms with Crippen LogP contribution in [0.5, 0.6) is 5.75 Å². The molecule has 1 heterocycles. The van der Waals surface area contributed by atoms with Crippen molar-refractivity contribution in [2.75, 3.05) is 12.8 Å². The number of nitrogens with one attached hydrogen (secondary N) is 7. The average Bonchev–Trinajstić information content (AvgIpc) is 3.68. The molecule has 4 aromatic carbocycles. The molecule has 0 aliphatic carbocycles. The first kappa shape index (κ1) is 46.8. The van der Waals surface area contributed by atoms with Gasteiger partial charge in [-0.1, -0.05) is 72.8 Å². The maximum atomic E-state index is 14.6. The molecule has 0 aliphatic rings. The number of likely N-dealkylation sites (N-methyl/N-ethyl adjacent to an activating group) is 1. The summed E-state index contributed by atoms with van der Waals surface area (Å²) in [6.45, 7) is 2.87. The number of carbonyl (C=O) groups is 6. The molecule has 0 saturated carbocycles. The van der Waals surface area contributed by atoms with Gasteiger partial charge in [-0.25, -0.2) is 4.79 Å². The Morgan fingerprint density at radius 1 is 0.587 bits per heavy atom. The Bertz CT molecular complexity index is 2350. The van der Waals surface area contributed by atoms with E-state index in [1.807, 2.05) is 24.3 Å². The molecule has 12 N–H and O–H groups in total. The van der Waals surface area contributed by atoms with Crippen LogP contribution in [0.1, 0.15) is 36.1 Å².